The van der Waals surface area contributed by atoms with Crippen molar-refractivity contribution in [3.8, 4) is 0 Å². The highest BCUT2D eigenvalue weighted by molar-refractivity contribution is 5.81. The minimum absolute atomic E-state index is 0.193. The molecule has 8 heteroatoms. The van der Waals surface area contributed by atoms with Crippen molar-refractivity contribution in [3.05, 3.63) is 24.3 Å². The van der Waals surface area contributed by atoms with E-state index in [1.807, 2.05) is 0 Å². The molecule has 8 nitrogen and oxygen atoms in total. The summed E-state index contributed by atoms with van der Waals surface area (Å²) in [5, 5.41) is 19.9. The van der Waals surface area contributed by atoms with E-state index in [4.69, 9.17) is 11.5 Å². The minimum atomic E-state index is -0.980. The van der Waals surface area contributed by atoms with Gasteiger partial charge in [0.1, 0.15) is 24.1 Å². The summed E-state index contributed by atoms with van der Waals surface area (Å²) >= 11 is 0. The number of anilines is 1. The molecule has 0 amide bonds. The summed E-state index contributed by atoms with van der Waals surface area (Å²) in [6, 6.07) is -0.465. The lowest BCUT2D eigenvalue weighted by molar-refractivity contribution is 0.0324. The summed E-state index contributed by atoms with van der Waals surface area (Å²) in [5.74, 6) is 0.278. The van der Waals surface area contributed by atoms with Crippen LogP contribution in [0.2, 0.25) is 0 Å². The quantitative estimate of drug-likeness (QED) is 0.487. The third-order valence-corrected chi connectivity index (χ3v) is 3.38. The number of aliphatic hydroxyl groups is 2. The molecule has 1 aliphatic carbocycles. The Morgan fingerprint density at radius 3 is 2.74 bits per heavy atom. The van der Waals surface area contributed by atoms with E-state index in [0.29, 0.717) is 16.7 Å². The molecule has 3 atom stereocenters. The molecule has 2 aromatic heterocycles. The normalized spacial score (nSPS) is 26.9. The predicted octanol–water partition coefficient (Wildman–Crippen LogP) is -1.43. The number of rotatable bonds is 2. The molecule has 2 aromatic rings. The highest BCUT2D eigenvalue weighted by atomic mass is 16.3. The highest BCUT2D eigenvalue weighted by Crippen LogP contribution is 2.31. The maximum absolute atomic E-state index is 10.1. The summed E-state index contributed by atoms with van der Waals surface area (Å²) in [5.41, 5.74) is 12.8. The summed E-state index contributed by atoms with van der Waals surface area (Å²) < 4.78 is 1.66. The van der Waals surface area contributed by atoms with Gasteiger partial charge in [-0.2, -0.15) is 0 Å². The average Bonchev–Trinajstić information content (AvgIpc) is 2.94. The molecule has 3 rings (SSSR count). The zero-order valence-electron chi connectivity index (χ0n) is 10.0. The lowest BCUT2D eigenvalue weighted by atomic mass is 10.1. The van der Waals surface area contributed by atoms with Gasteiger partial charge in [0.25, 0.3) is 0 Å². The SMILES string of the molecule is NCC1=C[C@@H](n2cnc3c(N)ncnc32)[C@H](O)[C@@H]1O. The van der Waals surface area contributed by atoms with Crippen LogP contribution < -0.4 is 11.5 Å². The van der Waals surface area contributed by atoms with Crippen LogP contribution >= 0.6 is 0 Å². The predicted molar refractivity (Wildman–Crippen MR) is 67.9 cm³/mol. The number of aliphatic hydroxyl groups excluding tert-OH is 2. The van der Waals surface area contributed by atoms with E-state index in [9.17, 15) is 10.2 Å². The maximum Gasteiger partial charge on any atom is 0.166 e. The van der Waals surface area contributed by atoms with Gasteiger partial charge in [-0.1, -0.05) is 6.08 Å². The molecule has 1 aliphatic rings. The number of hydrogen-bond acceptors (Lipinski definition) is 7. The Balaban J connectivity index is 2.11. The van der Waals surface area contributed by atoms with Crippen LogP contribution in [-0.4, -0.2) is 48.5 Å². The molecule has 0 spiro atoms. The van der Waals surface area contributed by atoms with Crippen molar-refractivity contribution in [1.82, 2.24) is 19.5 Å². The van der Waals surface area contributed by atoms with Gasteiger partial charge in [-0.3, -0.25) is 0 Å². The number of nitrogen functional groups attached to an aromatic ring is 1. The Morgan fingerprint density at radius 2 is 2.05 bits per heavy atom. The molecule has 6 N–H and O–H groups in total. The Hall–Kier alpha value is -2.03. The van der Waals surface area contributed by atoms with E-state index < -0.39 is 18.2 Å². The number of aromatic nitrogens is 4. The summed E-state index contributed by atoms with van der Waals surface area (Å²) in [6.07, 6.45) is 2.64. The van der Waals surface area contributed by atoms with Gasteiger partial charge in [0.2, 0.25) is 0 Å². The monoisotopic (exact) mass is 262 g/mol. The zero-order chi connectivity index (χ0) is 13.6. The number of hydrogen-bond donors (Lipinski definition) is 4. The number of fused-ring (bicyclic) bond motifs is 1. The Labute approximate surface area is 108 Å². The first-order chi connectivity index (χ1) is 9.13. The first kappa shape index (κ1) is 12.0. The second-order valence-corrected chi connectivity index (χ2v) is 4.45. The fraction of sp³-hybridized carbons (Fsp3) is 0.364. The van der Waals surface area contributed by atoms with Crippen LogP contribution in [0.15, 0.2) is 24.3 Å². The Morgan fingerprint density at radius 1 is 1.26 bits per heavy atom. The summed E-state index contributed by atoms with van der Waals surface area (Å²) in [7, 11) is 0. The molecule has 2 heterocycles. The molecule has 0 saturated heterocycles. The van der Waals surface area contributed by atoms with Gasteiger partial charge in [0, 0.05) is 6.54 Å². The molecule has 0 saturated carbocycles. The lowest BCUT2D eigenvalue weighted by Gasteiger charge is -2.18. The standard InChI is InChI=1S/C11H14N6O2/c12-2-5-1-6(9(19)8(5)18)17-4-16-7-10(13)14-3-15-11(7)17/h1,3-4,6,8-9,18-19H,2,12H2,(H2,13,14,15)/t6-,8-,9+/m1/s1. The fourth-order valence-corrected chi connectivity index (χ4v) is 2.34. The molecule has 0 bridgehead atoms. The average molecular weight is 262 g/mol. The molecule has 0 aromatic carbocycles. The molecular formula is C11H14N6O2. The molecule has 19 heavy (non-hydrogen) atoms. The summed E-state index contributed by atoms with van der Waals surface area (Å²) in [6.45, 7) is 0.193. The van der Waals surface area contributed by atoms with Gasteiger partial charge in [-0.25, -0.2) is 15.0 Å². The first-order valence-electron chi connectivity index (χ1n) is 5.83. The second-order valence-electron chi connectivity index (χ2n) is 4.45. The van der Waals surface area contributed by atoms with Crippen LogP contribution in [0.3, 0.4) is 0 Å². The first-order valence-corrected chi connectivity index (χ1v) is 5.83. The van der Waals surface area contributed by atoms with E-state index >= 15 is 0 Å². The van der Waals surface area contributed by atoms with E-state index in [-0.39, 0.29) is 12.4 Å². The molecule has 0 radical (unpaired) electrons. The van der Waals surface area contributed by atoms with E-state index in [2.05, 4.69) is 15.0 Å². The fourth-order valence-electron chi connectivity index (χ4n) is 2.34. The van der Waals surface area contributed by atoms with Crippen LogP contribution in [0.1, 0.15) is 6.04 Å². The van der Waals surface area contributed by atoms with Crippen LogP contribution in [0.25, 0.3) is 11.2 Å². The minimum Gasteiger partial charge on any atom is -0.388 e. The van der Waals surface area contributed by atoms with Crippen LogP contribution in [0, 0.1) is 0 Å². The largest absolute Gasteiger partial charge is 0.388 e. The van der Waals surface area contributed by atoms with Crippen LogP contribution in [0.5, 0.6) is 0 Å². The topological polar surface area (TPSA) is 136 Å². The molecule has 0 fully saturated rings. The zero-order valence-corrected chi connectivity index (χ0v) is 10.0. The van der Waals surface area contributed by atoms with Crippen LogP contribution in [0.4, 0.5) is 5.82 Å². The number of nitrogens with zero attached hydrogens (tertiary/aromatic N) is 4. The van der Waals surface area contributed by atoms with Crippen molar-refractivity contribution < 1.29 is 10.2 Å². The third-order valence-electron chi connectivity index (χ3n) is 3.38. The van der Waals surface area contributed by atoms with Gasteiger partial charge < -0.3 is 26.2 Å². The van der Waals surface area contributed by atoms with Gasteiger partial charge >= 0.3 is 0 Å². The molecule has 100 valence electrons. The van der Waals surface area contributed by atoms with E-state index in [0.717, 1.165) is 0 Å². The number of nitrogens with two attached hydrogens (primary N) is 2. The molecular weight excluding hydrogens is 248 g/mol. The summed E-state index contributed by atoms with van der Waals surface area (Å²) in [4.78, 5) is 12.1. The van der Waals surface area contributed by atoms with Crippen molar-refractivity contribution in [2.45, 2.75) is 18.2 Å². The Kier molecular flexibility index (Phi) is 2.70. The van der Waals surface area contributed by atoms with E-state index in [1.165, 1.54) is 12.7 Å². The van der Waals surface area contributed by atoms with Gasteiger partial charge in [0.05, 0.1) is 12.4 Å². The Bertz CT molecular complexity index is 652. The van der Waals surface area contributed by atoms with Gasteiger partial charge in [-0.15, -0.1) is 0 Å². The molecule has 0 aliphatic heterocycles. The van der Waals surface area contributed by atoms with Gasteiger partial charge in [-0.05, 0) is 5.57 Å². The van der Waals surface area contributed by atoms with Crippen molar-refractivity contribution in [1.29, 1.82) is 0 Å². The van der Waals surface area contributed by atoms with Crippen molar-refractivity contribution in [3.63, 3.8) is 0 Å². The smallest absolute Gasteiger partial charge is 0.166 e. The molecule has 0 unspecified atom stereocenters. The lowest BCUT2D eigenvalue weighted by Crippen LogP contribution is -2.30. The highest BCUT2D eigenvalue weighted by Gasteiger charge is 2.35. The van der Waals surface area contributed by atoms with Crippen LogP contribution in [-0.2, 0) is 0 Å². The second kappa shape index (κ2) is 4.26. The van der Waals surface area contributed by atoms with Crippen molar-refractivity contribution >= 4 is 17.0 Å². The van der Waals surface area contributed by atoms with Gasteiger partial charge in [0.15, 0.2) is 11.5 Å². The third kappa shape index (κ3) is 1.69. The van der Waals surface area contributed by atoms with E-state index in [1.54, 1.807) is 10.6 Å². The maximum atomic E-state index is 10.1. The van der Waals surface area contributed by atoms with Crippen molar-refractivity contribution in [2.24, 2.45) is 5.73 Å². The van der Waals surface area contributed by atoms with Crippen molar-refractivity contribution in [2.75, 3.05) is 12.3 Å². The number of imidazole rings is 1.